The van der Waals surface area contributed by atoms with E-state index in [2.05, 4.69) is 45.3 Å². The van der Waals surface area contributed by atoms with Crippen molar-refractivity contribution in [2.45, 2.75) is 6.61 Å². The number of aromatic nitrogens is 3. The van der Waals surface area contributed by atoms with E-state index in [0.29, 0.717) is 6.61 Å². The van der Waals surface area contributed by atoms with Gasteiger partial charge >= 0.3 is 0 Å². The molecule has 1 aliphatic rings. The number of fused-ring (bicyclic) bond motifs is 4. The Bertz CT molecular complexity index is 1570. The van der Waals surface area contributed by atoms with Crippen LogP contribution in [0.1, 0.15) is 5.56 Å². The molecule has 180 valence electrons. The van der Waals surface area contributed by atoms with E-state index < -0.39 is 0 Å². The van der Waals surface area contributed by atoms with Crippen LogP contribution in [0.2, 0.25) is 0 Å². The van der Waals surface area contributed by atoms with E-state index in [-0.39, 0.29) is 52.8 Å². The summed E-state index contributed by atoms with van der Waals surface area (Å²) >= 11 is 0. The van der Waals surface area contributed by atoms with Crippen LogP contribution in [0.25, 0.3) is 44.8 Å². The Hall–Kier alpha value is -2.95. The minimum absolute atomic E-state index is 0. The van der Waals surface area contributed by atoms with Gasteiger partial charge in [-0.05, 0) is 23.2 Å². The van der Waals surface area contributed by atoms with Gasteiger partial charge in [-0.3, -0.25) is 4.98 Å². The molecule has 0 unspecified atom stereocenters. The Labute approximate surface area is 254 Å². The number of nitrogens with zero attached hydrogens (tertiary/aromatic N) is 3. The molecule has 4 nitrogen and oxygen atoms in total. The average Bonchev–Trinajstić information content (AvgIpc) is 3.39. The second-order valence-corrected chi connectivity index (χ2v) is 8.01. The van der Waals surface area contributed by atoms with Crippen LogP contribution in [-0.2, 0) is 59.4 Å². The zero-order chi connectivity index (χ0) is 23.5. The van der Waals surface area contributed by atoms with E-state index in [1.807, 2.05) is 84.9 Å². The van der Waals surface area contributed by atoms with E-state index in [0.717, 1.165) is 56.1 Å². The van der Waals surface area contributed by atoms with Crippen molar-refractivity contribution in [3.05, 3.63) is 127 Å². The molecule has 3 aromatic heterocycles. The zero-order valence-electron chi connectivity index (χ0n) is 19.7. The van der Waals surface area contributed by atoms with Gasteiger partial charge in [0.25, 0.3) is 0 Å². The van der Waals surface area contributed by atoms with Crippen LogP contribution in [0.15, 0.2) is 103 Å². The molecule has 0 amide bonds. The van der Waals surface area contributed by atoms with Crippen molar-refractivity contribution in [1.29, 1.82) is 0 Å². The monoisotopic (exact) mass is 731 g/mol. The van der Waals surface area contributed by atoms with Gasteiger partial charge in [-0.1, -0.05) is 42.0 Å². The summed E-state index contributed by atoms with van der Waals surface area (Å²) in [6.45, 7) is 0.562. The van der Waals surface area contributed by atoms with Crippen molar-refractivity contribution < 1.29 is 57.6 Å². The molecule has 3 aromatic carbocycles. The van der Waals surface area contributed by atoms with Crippen molar-refractivity contribution >= 4 is 10.9 Å². The Morgan fingerprint density at radius 3 is 2.49 bits per heavy atom. The molecule has 0 aliphatic carbocycles. The smallest absolute Gasteiger partial charge is 0.0626 e. The molecular weight excluding hydrogens is 711 g/mol. The maximum Gasteiger partial charge on any atom is 0.0626 e. The Kier molecular flexibility index (Phi) is 9.18. The van der Waals surface area contributed by atoms with Crippen molar-refractivity contribution in [3.63, 3.8) is 0 Å². The van der Waals surface area contributed by atoms with Gasteiger partial charge in [-0.2, -0.15) is 24.3 Å². The van der Waals surface area contributed by atoms with E-state index in [4.69, 9.17) is 4.74 Å². The summed E-state index contributed by atoms with van der Waals surface area (Å²) in [6.07, 6.45) is 1.79. The van der Waals surface area contributed by atoms with Crippen LogP contribution in [0, 0.1) is 18.2 Å². The van der Waals surface area contributed by atoms with Gasteiger partial charge < -0.3 is 14.7 Å². The summed E-state index contributed by atoms with van der Waals surface area (Å²) in [5, 5.41) is 1.16. The summed E-state index contributed by atoms with van der Waals surface area (Å²) in [7, 11) is 0. The topological polar surface area (TPSA) is 49.1 Å². The number of ether oxygens (including phenoxy) is 1. The third-order valence-corrected chi connectivity index (χ3v) is 5.72. The molecule has 0 atom stereocenters. The van der Waals surface area contributed by atoms with Crippen molar-refractivity contribution in [3.8, 4) is 39.7 Å². The normalized spacial score (nSPS) is 10.9. The first-order chi connectivity index (χ1) is 17.3. The summed E-state index contributed by atoms with van der Waals surface area (Å²) < 4.78 is 5.72. The maximum atomic E-state index is 5.72. The Morgan fingerprint density at radius 1 is 0.838 bits per heavy atom. The number of para-hydroxylation sites is 1. The van der Waals surface area contributed by atoms with Crippen molar-refractivity contribution in [1.82, 2.24) is 15.0 Å². The maximum absolute atomic E-state index is 5.72. The van der Waals surface area contributed by atoms with Gasteiger partial charge in [0.15, 0.2) is 0 Å². The Morgan fingerprint density at radius 2 is 1.68 bits per heavy atom. The molecular formula is C31H19IrN3OY-4. The van der Waals surface area contributed by atoms with Crippen LogP contribution in [0.5, 0.6) is 5.75 Å². The van der Waals surface area contributed by atoms with Gasteiger partial charge in [-0.15, -0.1) is 52.8 Å². The first kappa shape index (κ1) is 27.1. The summed E-state index contributed by atoms with van der Waals surface area (Å²) in [6, 6.07) is 41.1. The van der Waals surface area contributed by atoms with Gasteiger partial charge in [0, 0.05) is 70.5 Å². The second kappa shape index (κ2) is 12.5. The quantitative estimate of drug-likeness (QED) is 0.190. The predicted molar refractivity (Wildman–Crippen MR) is 136 cm³/mol. The third kappa shape index (κ3) is 5.97. The van der Waals surface area contributed by atoms with Crippen LogP contribution >= 0.6 is 0 Å². The number of benzene rings is 3. The number of hydrogen-bond donors (Lipinski definition) is 0. The van der Waals surface area contributed by atoms with E-state index in [1.165, 1.54) is 0 Å². The molecule has 0 bridgehead atoms. The Balaban J connectivity index is 0.000000170. The molecule has 0 saturated heterocycles. The summed E-state index contributed by atoms with van der Waals surface area (Å²) in [5.41, 5.74) is 7.56. The first-order valence-electron chi connectivity index (χ1n) is 11.3. The molecule has 7 rings (SSSR count). The van der Waals surface area contributed by atoms with Gasteiger partial charge in [0.1, 0.15) is 0 Å². The summed E-state index contributed by atoms with van der Waals surface area (Å²) in [4.78, 5) is 13.5. The van der Waals surface area contributed by atoms with Crippen LogP contribution < -0.4 is 9.72 Å². The average molecular weight is 731 g/mol. The molecule has 6 aromatic rings. The fourth-order valence-electron chi connectivity index (χ4n) is 4.00. The molecule has 6 heteroatoms. The van der Waals surface area contributed by atoms with Gasteiger partial charge in [0.05, 0.1) is 6.61 Å². The third-order valence-electron chi connectivity index (χ3n) is 5.72. The second-order valence-electron chi connectivity index (χ2n) is 8.01. The fraction of sp³-hybridized carbons (Fsp3) is 0.0323. The SMILES string of the molecule is [Ir].[Y].[c-]1ccccc1-c1[c-]cc2c(n1)-c1[c-]cccc1CO2.c1ccc(-c2cc3ccccc3[n-]2)nc1. The van der Waals surface area contributed by atoms with E-state index in [9.17, 15) is 0 Å². The first-order valence-corrected chi connectivity index (χ1v) is 11.3. The van der Waals surface area contributed by atoms with E-state index >= 15 is 0 Å². The summed E-state index contributed by atoms with van der Waals surface area (Å²) in [5.74, 6) is 0.764. The molecule has 4 heterocycles. The number of rotatable bonds is 2. The molecule has 1 aliphatic heterocycles. The van der Waals surface area contributed by atoms with Crippen LogP contribution in [0.3, 0.4) is 0 Å². The van der Waals surface area contributed by atoms with Crippen LogP contribution in [0.4, 0.5) is 0 Å². The standard InChI is InChI=1S/C18H10NO.C13H9N2.Ir.Y/c1-2-6-13(7-3-1)16-10-11-17-18(19-16)15-9-5-4-8-14(15)12-20-17;1-2-6-11-10(5-1)9-13(15-11)12-7-3-4-8-14-12;;/h1-6,8,11H,12H2;1-9H;;/q-3;-1;;. The molecule has 0 N–H and O–H groups in total. The minimum atomic E-state index is 0. The number of pyridine rings is 2. The fourth-order valence-corrected chi connectivity index (χ4v) is 4.00. The van der Waals surface area contributed by atoms with Crippen LogP contribution in [-0.4, -0.2) is 9.97 Å². The zero-order valence-corrected chi connectivity index (χ0v) is 24.9. The molecule has 37 heavy (non-hydrogen) atoms. The largest absolute Gasteiger partial charge is 0.656 e. The van der Waals surface area contributed by atoms with Crippen molar-refractivity contribution in [2.75, 3.05) is 0 Å². The van der Waals surface area contributed by atoms with E-state index in [1.54, 1.807) is 6.20 Å². The van der Waals surface area contributed by atoms with Crippen molar-refractivity contribution in [2.24, 2.45) is 0 Å². The molecule has 0 spiro atoms. The van der Waals surface area contributed by atoms with Gasteiger partial charge in [0.2, 0.25) is 0 Å². The molecule has 0 fully saturated rings. The molecule has 0 saturated carbocycles. The van der Waals surface area contributed by atoms with Gasteiger partial charge in [-0.25, -0.2) is 17.7 Å². The predicted octanol–water partition coefficient (Wildman–Crippen LogP) is 6.56. The minimum Gasteiger partial charge on any atom is -0.656 e. The number of hydrogen-bond acceptors (Lipinski definition) is 3. The molecule has 2 radical (unpaired) electrons.